The molecule has 0 aromatic carbocycles. The zero-order valence-electron chi connectivity index (χ0n) is 7.38. The summed E-state index contributed by atoms with van der Waals surface area (Å²) in [5.41, 5.74) is 2.25. The molecule has 0 amide bonds. The molecule has 0 unspecified atom stereocenters. The predicted octanol–water partition coefficient (Wildman–Crippen LogP) is 2.02. The Kier molecular flexibility index (Phi) is 2.20. The number of nitrogens with zero attached hydrogens (tertiary/aromatic N) is 3. The van der Waals surface area contributed by atoms with E-state index < -0.39 is 0 Å². The maximum absolute atomic E-state index is 8.70. The maximum atomic E-state index is 8.70. The van der Waals surface area contributed by atoms with E-state index in [1.807, 2.05) is 24.3 Å². The summed E-state index contributed by atoms with van der Waals surface area (Å²) < 4.78 is 0. The van der Waals surface area contributed by atoms with E-state index in [0.29, 0.717) is 5.56 Å². The van der Waals surface area contributed by atoms with Gasteiger partial charge in [0.2, 0.25) is 0 Å². The molecule has 0 aliphatic heterocycles. The highest BCUT2D eigenvalue weighted by Crippen LogP contribution is 2.15. The quantitative estimate of drug-likeness (QED) is 0.676. The van der Waals surface area contributed by atoms with Gasteiger partial charge in [-0.1, -0.05) is 6.07 Å². The van der Waals surface area contributed by atoms with Gasteiger partial charge in [-0.3, -0.25) is 9.97 Å². The van der Waals surface area contributed by atoms with Gasteiger partial charge in [0.05, 0.1) is 11.3 Å². The molecule has 0 aliphatic rings. The summed E-state index contributed by atoms with van der Waals surface area (Å²) in [6, 6.07) is 9.46. The van der Waals surface area contributed by atoms with Gasteiger partial charge in [0.25, 0.3) is 0 Å². The van der Waals surface area contributed by atoms with Crippen LogP contribution < -0.4 is 0 Å². The van der Waals surface area contributed by atoms with Gasteiger partial charge in [-0.05, 0) is 18.2 Å². The Bertz CT molecular complexity index is 471. The molecule has 2 aromatic rings. The van der Waals surface area contributed by atoms with Crippen molar-refractivity contribution < 1.29 is 0 Å². The fourth-order valence-electron chi connectivity index (χ4n) is 1.17. The van der Waals surface area contributed by atoms with E-state index in [4.69, 9.17) is 5.26 Å². The van der Waals surface area contributed by atoms with E-state index >= 15 is 0 Å². The van der Waals surface area contributed by atoms with Crippen molar-refractivity contribution in [3.63, 3.8) is 0 Å². The van der Waals surface area contributed by atoms with E-state index in [-0.39, 0.29) is 0 Å². The number of hydrogen-bond donors (Lipinski definition) is 0. The normalized spacial score (nSPS) is 9.36. The first-order valence-electron chi connectivity index (χ1n) is 4.17. The van der Waals surface area contributed by atoms with Crippen LogP contribution in [0.2, 0.25) is 0 Å². The second-order valence-corrected chi connectivity index (χ2v) is 2.79. The summed E-state index contributed by atoms with van der Waals surface area (Å²) in [6.45, 7) is 0. The molecule has 0 atom stereocenters. The van der Waals surface area contributed by atoms with Gasteiger partial charge >= 0.3 is 0 Å². The number of pyridine rings is 2. The van der Waals surface area contributed by atoms with Crippen LogP contribution in [0.4, 0.5) is 0 Å². The molecule has 2 heterocycles. The largest absolute Gasteiger partial charge is 0.263 e. The van der Waals surface area contributed by atoms with Crippen molar-refractivity contribution in [3.05, 3.63) is 48.4 Å². The van der Waals surface area contributed by atoms with Gasteiger partial charge in [0.1, 0.15) is 6.07 Å². The molecule has 0 bridgehead atoms. The summed E-state index contributed by atoms with van der Waals surface area (Å²) >= 11 is 0. The van der Waals surface area contributed by atoms with E-state index in [9.17, 15) is 0 Å². The fourth-order valence-corrected chi connectivity index (χ4v) is 1.17. The lowest BCUT2D eigenvalue weighted by molar-refractivity contribution is 1.26. The van der Waals surface area contributed by atoms with Crippen molar-refractivity contribution in [2.45, 2.75) is 0 Å². The standard InChI is InChI=1S/C11H7N3/c12-6-9-5-10(8-13-7-9)11-3-1-2-4-14-11/h1-5,7-8H. The Labute approximate surface area is 81.7 Å². The molecule has 14 heavy (non-hydrogen) atoms. The Balaban J connectivity index is 2.49. The van der Waals surface area contributed by atoms with Gasteiger partial charge in [-0.25, -0.2) is 0 Å². The highest BCUT2D eigenvalue weighted by atomic mass is 14.7. The van der Waals surface area contributed by atoms with Crippen LogP contribution in [0.3, 0.4) is 0 Å². The lowest BCUT2D eigenvalue weighted by atomic mass is 10.1. The summed E-state index contributed by atoms with van der Waals surface area (Å²) in [5.74, 6) is 0. The van der Waals surface area contributed by atoms with Crippen molar-refractivity contribution in [1.29, 1.82) is 5.26 Å². The van der Waals surface area contributed by atoms with E-state index in [1.54, 1.807) is 18.5 Å². The minimum atomic E-state index is 0.549. The molecule has 0 N–H and O–H groups in total. The molecular weight excluding hydrogens is 174 g/mol. The molecule has 0 aliphatic carbocycles. The van der Waals surface area contributed by atoms with Gasteiger partial charge in [0, 0.05) is 24.2 Å². The number of rotatable bonds is 1. The molecule has 3 heteroatoms. The van der Waals surface area contributed by atoms with Crippen LogP contribution in [-0.4, -0.2) is 9.97 Å². The first-order valence-corrected chi connectivity index (χ1v) is 4.17. The third-order valence-electron chi connectivity index (χ3n) is 1.83. The smallest absolute Gasteiger partial charge is 0.101 e. The lowest BCUT2D eigenvalue weighted by Gasteiger charge is -1.98. The number of hydrogen-bond acceptors (Lipinski definition) is 3. The number of nitriles is 1. The summed E-state index contributed by atoms with van der Waals surface area (Å²) in [7, 11) is 0. The average molecular weight is 181 g/mol. The van der Waals surface area contributed by atoms with E-state index in [0.717, 1.165) is 11.3 Å². The van der Waals surface area contributed by atoms with Crippen molar-refractivity contribution in [2.75, 3.05) is 0 Å². The Morgan fingerprint density at radius 3 is 2.86 bits per heavy atom. The van der Waals surface area contributed by atoms with E-state index in [1.165, 1.54) is 6.20 Å². The zero-order chi connectivity index (χ0) is 9.80. The fraction of sp³-hybridized carbons (Fsp3) is 0. The molecular formula is C11H7N3. The minimum Gasteiger partial charge on any atom is -0.263 e. The molecule has 2 rings (SSSR count). The second-order valence-electron chi connectivity index (χ2n) is 2.79. The van der Waals surface area contributed by atoms with Crippen molar-refractivity contribution in [2.24, 2.45) is 0 Å². The van der Waals surface area contributed by atoms with E-state index in [2.05, 4.69) is 9.97 Å². The van der Waals surface area contributed by atoms with Crippen LogP contribution in [0, 0.1) is 11.3 Å². The maximum Gasteiger partial charge on any atom is 0.101 e. The molecule has 3 nitrogen and oxygen atoms in total. The highest BCUT2D eigenvalue weighted by molar-refractivity contribution is 5.59. The second kappa shape index (κ2) is 3.67. The Morgan fingerprint density at radius 1 is 1.21 bits per heavy atom. The predicted molar refractivity (Wildman–Crippen MR) is 52.2 cm³/mol. The third kappa shape index (κ3) is 1.59. The van der Waals surface area contributed by atoms with Gasteiger partial charge in [-0.2, -0.15) is 5.26 Å². The highest BCUT2D eigenvalue weighted by Gasteiger charge is 1.99. The Morgan fingerprint density at radius 2 is 2.14 bits per heavy atom. The number of aromatic nitrogens is 2. The van der Waals surface area contributed by atoms with Gasteiger partial charge in [0.15, 0.2) is 0 Å². The van der Waals surface area contributed by atoms with Crippen LogP contribution in [0.25, 0.3) is 11.3 Å². The zero-order valence-corrected chi connectivity index (χ0v) is 7.38. The van der Waals surface area contributed by atoms with Crippen LogP contribution in [0.5, 0.6) is 0 Å². The first-order chi connectivity index (χ1) is 6.90. The minimum absolute atomic E-state index is 0.549. The van der Waals surface area contributed by atoms with Gasteiger partial charge < -0.3 is 0 Å². The lowest BCUT2D eigenvalue weighted by Crippen LogP contribution is -1.85. The first kappa shape index (κ1) is 8.39. The van der Waals surface area contributed by atoms with Crippen LogP contribution in [0.15, 0.2) is 42.9 Å². The average Bonchev–Trinajstić information content (AvgIpc) is 2.30. The molecule has 0 saturated heterocycles. The van der Waals surface area contributed by atoms with Crippen molar-refractivity contribution in [1.82, 2.24) is 9.97 Å². The molecule has 2 aromatic heterocycles. The Hall–Kier alpha value is -2.21. The van der Waals surface area contributed by atoms with Crippen LogP contribution in [-0.2, 0) is 0 Å². The summed E-state index contributed by atoms with van der Waals surface area (Å²) in [4.78, 5) is 8.14. The SMILES string of the molecule is N#Cc1cncc(-c2ccccn2)c1. The van der Waals surface area contributed by atoms with Crippen LogP contribution in [0.1, 0.15) is 5.56 Å². The summed E-state index contributed by atoms with van der Waals surface area (Å²) in [5, 5.41) is 8.70. The summed E-state index contributed by atoms with van der Waals surface area (Å²) in [6.07, 6.45) is 4.95. The molecule has 0 fully saturated rings. The molecule has 66 valence electrons. The van der Waals surface area contributed by atoms with Gasteiger partial charge in [-0.15, -0.1) is 0 Å². The topological polar surface area (TPSA) is 49.6 Å². The monoisotopic (exact) mass is 181 g/mol. The molecule has 0 spiro atoms. The van der Waals surface area contributed by atoms with Crippen molar-refractivity contribution >= 4 is 0 Å². The van der Waals surface area contributed by atoms with Crippen LogP contribution >= 0.6 is 0 Å². The molecule has 0 saturated carbocycles. The van der Waals surface area contributed by atoms with Crippen molar-refractivity contribution in [3.8, 4) is 17.3 Å². The molecule has 0 radical (unpaired) electrons. The third-order valence-corrected chi connectivity index (χ3v) is 1.83.